The van der Waals surface area contributed by atoms with Crippen LogP contribution in [0.1, 0.15) is 33.1 Å². The van der Waals surface area contributed by atoms with Gasteiger partial charge >= 0.3 is 0 Å². The van der Waals surface area contributed by atoms with Gasteiger partial charge in [-0.3, -0.25) is 4.90 Å². The Bertz CT molecular complexity index is 276. The van der Waals surface area contributed by atoms with Gasteiger partial charge in [0, 0.05) is 36.7 Å². The summed E-state index contributed by atoms with van der Waals surface area (Å²) in [5.41, 5.74) is 6.35. The normalized spacial score (nSPS) is 44.1. The van der Waals surface area contributed by atoms with Crippen molar-refractivity contribution >= 4 is 11.8 Å². The van der Waals surface area contributed by atoms with Crippen LogP contribution in [0.3, 0.4) is 0 Å². The van der Waals surface area contributed by atoms with Gasteiger partial charge in [0.2, 0.25) is 0 Å². The van der Waals surface area contributed by atoms with Gasteiger partial charge in [0.05, 0.1) is 5.60 Å². The molecule has 0 amide bonds. The molecule has 0 aromatic carbocycles. The molecule has 0 aromatic rings. The second-order valence-corrected chi connectivity index (χ2v) is 7.36. The van der Waals surface area contributed by atoms with Crippen LogP contribution in [0.2, 0.25) is 0 Å². The van der Waals surface area contributed by atoms with Crippen LogP contribution in [0.25, 0.3) is 0 Å². The van der Waals surface area contributed by atoms with E-state index in [1.807, 2.05) is 7.11 Å². The molecule has 100 valence electrons. The lowest BCUT2D eigenvalue weighted by atomic mass is 9.87. The zero-order valence-corrected chi connectivity index (χ0v) is 12.2. The average Bonchev–Trinajstić information content (AvgIpc) is 2.72. The minimum Gasteiger partial charge on any atom is -0.377 e. The Hall–Kier alpha value is 0.230. The molecule has 0 saturated carbocycles. The molecule has 17 heavy (non-hydrogen) atoms. The Morgan fingerprint density at radius 1 is 1.53 bits per heavy atom. The van der Waals surface area contributed by atoms with Gasteiger partial charge in [0.15, 0.2) is 0 Å². The van der Waals surface area contributed by atoms with Crippen molar-refractivity contribution in [1.29, 1.82) is 0 Å². The van der Waals surface area contributed by atoms with Crippen molar-refractivity contribution in [3.63, 3.8) is 0 Å². The van der Waals surface area contributed by atoms with Crippen LogP contribution in [0, 0.1) is 0 Å². The highest BCUT2D eigenvalue weighted by Gasteiger charge is 2.45. The molecule has 3 unspecified atom stereocenters. The molecule has 0 aliphatic carbocycles. The third kappa shape index (κ3) is 2.65. The summed E-state index contributed by atoms with van der Waals surface area (Å²) in [6.45, 7) is 7.55. The van der Waals surface area contributed by atoms with Crippen LogP contribution in [-0.2, 0) is 4.74 Å². The van der Waals surface area contributed by atoms with Crippen LogP contribution in [0.15, 0.2) is 0 Å². The number of piperidine rings is 1. The van der Waals surface area contributed by atoms with Crippen molar-refractivity contribution in [1.82, 2.24) is 4.90 Å². The molecule has 2 rings (SSSR count). The fraction of sp³-hybridized carbons (Fsp3) is 1.00. The number of nitrogens with two attached hydrogens (primary N) is 1. The molecule has 3 nitrogen and oxygen atoms in total. The fourth-order valence-electron chi connectivity index (χ4n) is 3.22. The van der Waals surface area contributed by atoms with Crippen molar-refractivity contribution in [2.24, 2.45) is 5.73 Å². The maximum Gasteiger partial charge on any atom is 0.0777 e. The maximum atomic E-state index is 6.10. The number of methoxy groups -OCH3 is 1. The smallest absolute Gasteiger partial charge is 0.0777 e. The van der Waals surface area contributed by atoms with Gasteiger partial charge in [0.1, 0.15) is 0 Å². The molecule has 0 bridgehead atoms. The Morgan fingerprint density at radius 2 is 2.29 bits per heavy atom. The van der Waals surface area contributed by atoms with Gasteiger partial charge in [-0.1, -0.05) is 6.92 Å². The SMILES string of the molecule is COC1(C)CCCN(C2(CN)CSC(C)C2)C1. The van der Waals surface area contributed by atoms with Crippen molar-refractivity contribution in [2.75, 3.05) is 32.5 Å². The van der Waals surface area contributed by atoms with Gasteiger partial charge in [-0.15, -0.1) is 0 Å². The van der Waals surface area contributed by atoms with Crippen LogP contribution in [0.4, 0.5) is 0 Å². The van der Waals surface area contributed by atoms with E-state index < -0.39 is 0 Å². The zero-order valence-electron chi connectivity index (χ0n) is 11.4. The second kappa shape index (κ2) is 5.08. The lowest BCUT2D eigenvalue weighted by Crippen LogP contribution is -2.61. The Kier molecular flexibility index (Phi) is 4.08. The van der Waals surface area contributed by atoms with Gasteiger partial charge in [-0.2, -0.15) is 11.8 Å². The molecule has 0 spiro atoms. The van der Waals surface area contributed by atoms with Crippen molar-refractivity contribution in [3.8, 4) is 0 Å². The lowest BCUT2D eigenvalue weighted by Gasteiger charge is -2.48. The van der Waals surface area contributed by atoms with Crippen LogP contribution >= 0.6 is 11.8 Å². The molecule has 2 N–H and O–H groups in total. The zero-order chi connectivity index (χ0) is 12.5. The summed E-state index contributed by atoms with van der Waals surface area (Å²) in [4.78, 5) is 2.61. The van der Waals surface area contributed by atoms with E-state index in [4.69, 9.17) is 10.5 Å². The quantitative estimate of drug-likeness (QED) is 0.836. The number of ether oxygens (including phenoxy) is 1. The molecule has 0 aromatic heterocycles. The van der Waals surface area contributed by atoms with E-state index in [1.165, 1.54) is 31.6 Å². The highest BCUT2D eigenvalue weighted by molar-refractivity contribution is 8.00. The number of hydrogen-bond acceptors (Lipinski definition) is 4. The van der Waals surface area contributed by atoms with Crippen LogP contribution in [0.5, 0.6) is 0 Å². The topological polar surface area (TPSA) is 38.5 Å². The van der Waals surface area contributed by atoms with Crippen LogP contribution in [-0.4, -0.2) is 53.8 Å². The summed E-state index contributed by atoms with van der Waals surface area (Å²) in [5.74, 6) is 1.18. The van der Waals surface area contributed by atoms with Crippen molar-refractivity contribution < 1.29 is 4.74 Å². The average molecular weight is 258 g/mol. The molecule has 3 atom stereocenters. The first-order chi connectivity index (χ1) is 8.03. The first kappa shape index (κ1) is 13.7. The van der Waals surface area contributed by atoms with E-state index in [9.17, 15) is 0 Å². The fourth-order valence-corrected chi connectivity index (χ4v) is 4.66. The molecule has 2 saturated heterocycles. The van der Waals surface area contributed by atoms with Crippen molar-refractivity contribution in [2.45, 2.75) is 49.5 Å². The predicted molar refractivity (Wildman–Crippen MR) is 74.5 cm³/mol. The molecule has 2 fully saturated rings. The minimum absolute atomic E-state index is 0.0247. The van der Waals surface area contributed by atoms with E-state index in [2.05, 4.69) is 30.5 Å². The Morgan fingerprint density at radius 3 is 2.82 bits per heavy atom. The summed E-state index contributed by atoms with van der Waals surface area (Å²) in [6, 6.07) is 0. The maximum absolute atomic E-state index is 6.10. The van der Waals surface area contributed by atoms with E-state index in [0.717, 1.165) is 18.3 Å². The Labute approximate surface area is 109 Å². The van der Waals surface area contributed by atoms with Gasteiger partial charge in [0.25, 0.3) is 0 Å². The highest BCUT2D eigenvalue weighted by atomic mass is 32.2. The third-order valence-electron chi connectivity index (χ3n) is 4.51. The van der Waals surface area contributed by atoms with E-state index in [0.29, 0.717) is 0 Å². The molecule has 2 aliphatic heterocycles. The molecular weight excluding hydrogens is 232 g/mol. The van der Waals surface area contributed by atoms with Crippen molar-refractivity contribution in [3.05, 3.63) is 0 Å². The number of hydrogen-bond donors (Lipinski definition) is 1. The van der Waals surface area contributed by atoms with Gasteiger partial charge < -0.3 is 10.5 Å². The second-order valence-electron chi connectivity index (χ2n) is 5.93. The molecule has 0 radical (unpaired) electrons. The first-order valence-electron chi connectivity index (χ1n) is 6.65. The largest absolute Gasteiger partial charge is 0.377 e. The summed E-state index contributed by atoms with van der Waals surface area (Å²) >= 11 is 2.07. The molecule has 2 aliphatic rings. The van der Waals surface area contributed by atoms with Crippen LogP contribution < -0.4 is 5.73 Å². The summed E-state index contributed by atoms with van der Waals surface area (Å²) < 4.78 is 5.70. The van der Waals surface area contributed by atoms with E-state index in [1.54, 1.807) is 0 Å². The minimum atomic E-state index is 0.0247. The predicted octanol–water partition coefficient (Wildman–Crippen LogP) is 1.71. The summed E-state index contributed by atoms with van der Waals surface area (Å²) in [7, 11) is 1.84. The molecule has 2 heterocycles. The van der Waals surface area contributed by atoms with E-state index in [-0.39, 0.29) is 11.1 Å². The van der Waals surface area contributed by atoms with E-state index >= 15 is 0 Å². The summed E-state index contributed by atoms with van der Waals surface area (Å²) in [6.07, 6.45) is 3.63. The highest BCUT2D eigenvalue weighted by Crippen LogP contribution is 2.40. The lowest BCUT2D eigenvalue weighted by molar-refractivity contribution is -0.0759. The first-order valence-corrected chi connectivity index (χ1v) is 7.70. The monoisotopic (exact) mass is 258 g/mol. The number of rotatable bonds is 3. The number of thioether (sulfide) groups is 1. The number of likely N-dealkylation sites (tertiary alicyclic amines) is 1. The molecular formula is C13H26N2OS. The van der Waals surface area contributed by atoms with Gasteiger partial charge in [-0.25, -0.2) is 0 Å². The Balaban J connectivity index is 2.10. The van der Waals surface area contributed by atoms with Gasteiger partial charge in [-0.05, 0) is 32.7 Å². The summed E-state index contributed by atoms with van der Waals surface area (Å²) in [5, 5.41) is 0.745. The third-order valence-corrected chi connectivity index (χ3v) is 5.95. The molecule has 4 heteroatoms. The number of nitrogens with zero attached hydrogens (tertiary/aromatic N) is 1. The standard InChI is InChI=1S/C13H26N2OS/c1-11-7-13(8-14,10-17-11)15-6-4-5-12(2,9-15)16-3/h11H,4-10,14H2,1-3H3.